The number of alkyl halides is 3. The first-order valence-electron chi connectivity index (χ1n) is 4.70. The van der Waals surface area contributed by atoms with Crippen molar-refractivity contribution >= 4 is 12.2 Å². The van der Waals surface area contributed by atoms with Crippen molar-refractivity contribution in [2.24, 2.45) is 0 Å². The fourth-order valence-electron chi connectivity index (χ4n) is 1.49. The van der Waals surface area contributed by atoms with E-state index in [1.54, 1.807) is 6.07 Å². The van der Waals surface area contributed by atoms with Gasteiger partial charge in [-0.3, -0.25) is 0 Å². The minimum absolute atomic E-state index is 0.0634. The summed E-state index contributed by atoms with van der Waals surface area (Å²) in [6.07, 6.45) is -3.02. The second kappa shape index (κ2) is 4.29. The second-order valence-corrected chi connectivity index (χ2v) is 3.72. The predicted octanol–water partition coefficient (Wildman–Crippen LogP) is 3.82. The summed E-state index contributed by atoms with van der Waals surface area (Å²) in [5.74, 6) is 0. The third-order valence-corrected chi connectivity index (χ3v) is 2.40. The molecule has 1 aromatic carbocycles. The SMILES string of the molecule is FC(F)(F)c1ccccc1-c1ccnc(=S)[nH]1. The number of rotatable bonds is 1. The Kier molecular flexibility index (Phi) is 2.97. The van der Waals surface area contributed by atoms with E-state index in [0.717, 1.165) is 6.07 Å². The van der Waals surface area contributed by atoms with E-state index in [0.29, 0.717) is 5.69 Å². The monoisotopic (exact) mass is 256 g/mol. The highest BCUT2D eigenvalue weighted by Gasteiger charge is 2.33. The summed E-state index contributed by atoms with van der Waals surface area (Å²) in [7, 11) is 0. The molecular weight excluding hydrogens is 249 g/mol. The molecule has 1 heterocycles. The zero-order chi connectivity index (χ0) is 12.5. The number of H-pyrrole nitrogens is 1. The van der Waals surface area contributed by atoms with Crippen LogP contribution >= 0.6 is 12.2 Å². The van der Waals surface area contributed by atoms with E-state index in [4.69, 9.17) is 12.2 Å². The molecule has 0 saturated heterocycles. The van der Waals surface area contributed by atoms with Gasteiger partial charge in [0.1, 0.15) is 0 Å². The minimum atomic E-state index is -4.39. The standard InChI is InChI=1S/C11H7F3N2S/c12-11(13,14)8-4-2-1-3-7(8)9-5-6-15-10(17)16-9/h1-6H,(H,15,16,17). The van der Waals surface area contributed by atoms with Gasteiger partial charge < -0.3 is 4.98 Å². The molecule has 2 nitrogen and oxygen atoms in total. The van der Waals surface area contributed by atoms with Gasteiger partial charge in [0, 0.05) is 17.5 Å². The molecule has 1 N–H and O–H groups in total. The molecule has 0 bridgehead atoms. The maximum Gasteiger partial charge on any atom is 0.417 e. The first kappa shape index (κ1) is 11.8. The molecule has 17 heavy (non-hydrogen) atoms. The zero-order valence-electron chi connectivity index (χ0n) is 8.45. The summed E-state index contributed by atoms with van der Waals surface area (Å²) >= 11 is 4.79. The van der Waals surface area contributed by atoms with Gasteiger partial charge in [-0.1, -0.05) is 18.2 Å². The van der Waals surface area contributed by atoms with Crippen molar-refractivity contribution in [1.82, 2.24) is 9.97 Å². The molecule has 0 aliphatic heterocycles. The van der Waals surface area contributed by atoms with Crippen LogP contribution in [-0.4, -0.2) is 9.97 Å². The molecule has 0 spiro atoms. The largest absolute Gasteiger partial charge is 0.417 e. The van der Waals surface area contributed by atoms with Crippen LogP contribution in [0.1, 0.15) is 5.56 Å². The van der Waals surface area contributed by atoms with E-state index >= 15 is 0 Å². The van der Waals surface area contributed by atoms with E-state index in [2.05, 4.69) is 9.97 Å². The normalized spacial score (nSPS) is 11.5. The van der Waals surface area contributed by atoms with Crippen molar-refractivity contribution in [3.63, 3.8) is 0 Å². The number of halogens is 3. The first-order chi connectivity index (χ1) is 7.98. The topological polar surface area (TPSA) is 28.7 Å². The number of nitrogens with one attached hydrogen (secondary N) is 1. The van der Waals surface area contributed by atoms with Crippen molar-refractivity contribution in [2.75, 3.05) is 0 Å². The molecular formula is C11H7F3N2S. The van der Waals surface area contributed by atoms with E-state index in [9.17, 15) is 13.2 Å². The Morgan fingerprint density at radius 1 is 1.12 bits per heavy atom. The van der Waals surface area contributed by atoms with E-state index < -0.39 is 11.7 Å². The van der Waals surface area contributed by atoms with Crippen molar-refractivity contribution in [3.05, 3.63) is 46.9 Å². The summed E-state index contributed by atoms with van der Waals surface area (Å²) in [6, 6.07) is 6.78. The fourth-order valence-corrected chi connectivity index (χ4v) is 1.66. The van der Waals surface area contributed by atoms with Gasteiger partial charge in [0.2, 0.25) is 0 Å². The molecule has 0 aliphatic carbocycles. The van der Waals surface area contributed by atoms with Gasteiger partial charge in [-0.15, -0.1) is 0 Å². The third-order valence-electron chi connectivity index (χ3n) is 2.20. The number of nitrogens with zero attached hydrogens (tertiary/aromatic N) is 1. The summed E-state index contributed by atoms with van der Waals surface area (Å²) in [5.41, 5.74) is -0.330. The summed E-state index contributed by atoms with van der Waals surface area (Å²) in [6.45, 7) is 0. The Morgan fingerprint density at radius 3 is 2.47 bits per heavy atom. The van der Waals surface area contributed by atoms with E-state index in [-0.39, 0.29) is 10.3 Å². The molecule has 1 aromatic heterocycles. The molecule has 6 heteroatoms. The first-order valence-corrected chi connectivity index (χ1v) is 5.11. The maximum atomic E-state index is 12.8. The quantitative estimate of drug-likeness (QED) is 0.786. The minimum Gasteiger partial charge on any atom is -0.330 e. The van der Waals surface area contributed by atoms with Crippen LogP contribution in [0.4, 0.5) is 13.2 Å². The number of benzene rings is 1. The number of hydrogen-bond donors (Lipinski definition) is 1. The summed E-state index contributed by atoms with van der Waals surface area (Å²) in [5, 5.41) is 0. The van der Waals surface area contributed by atoms with Crippen molar-refractivity contribution < 1.29 is 13.2 Å². The number of hydrogen-bond acceptors (Lipinski definition) is 2. The van der Waals surface area contributed by atoms with Gasteiger partial charge in [-0.2, -0.15) is 13.2 Å². The van der Waals surface area contributed by atoms with Gasteiger partial charge in [-0.05, 0) is 24.4 Å². The molecule has 0 unspecified atom stereocenters. The zero-order valence-corrected chi connectivity index (χ0v) is 9.27. The number of aromatic nitrogens is 2. The van der Waals surface area contributed by atoms with Gasteiger partial charge >= 0.3 is 6.18 Å². The van der Waals surface area contributed by atoms with E-state index in [1.807, 2.05) is 0 Å². The molecule has 0 radical (unpaired) electrons. The Labute approximate surface area is 100 Å². The van der Waals surface area contributed by atoms with Crippen molar-refractivity contribution in [3.8, 4) is 11.3 Å². The molecule has 0 atom stereocenters. The van der Waals surface area contributed by atoms with Crippen LogP contribution in [0, 0.1) is 4.77 Å². The lowest BCUT2D eigenvalue weighted by Crippen LogP contribution is -2.07. The van der Waals surface area contributed by atoms with Crippen LogP contribution in [0.2, 0.25) is 0 Å². The van der Waals surface area contributed by atoms with Crippen molar-refractivity contribution in [1.29, 1.82) is 0 Å². The Bertz CT molecular complexity index is 590. The Morgan fingerprint density at radius 2 is 1.82 bits per heavy atom. The molecule has 2 aromatic rings. The summed E-state index contributed by atoms with van der Waals surface area (Å²) < 4.78 is 38.5. The molecule has 88 valence electrons. The fraction of sp³-hybridized carbons (Fsp3) is 0.0909. The van der Waals surface area contributed by atoms with Crippen LogP contribution in [0.25, 0.3) is 11.3 Å². The Hall–Kier alpha value is -1.69. The average molecular weight is 256 g/mol. The van der Waals surface area contributed by atoms with Crippen LogP contribution in [-0.2, 0) is 6.18 Å². The lowest BCUT2D eigenvalue weighted by molar-refractivity contribution is -0.137. The molecule has 0 aliphatic rings. The predicted molar refractivity (Wildman–Crippen MR) is 59.9 cm³/mol. The third kappa shape index (κ3) is 2.52. The molecule has 0 fully saturated rings. The van der Waals surface area contributed by atoms with Crippen LogP contribution < -0.4 is 0 Å². The van der Waals surface area contributed by atoms with Crippen LogP contribution in [0.3, 0.4) is 0 Å². The molecule has 0 amide bonds. The van der Waals surface area contributed by atoms with Gasteiger partial charge in [0.05, 0.1) is 5.56 Å². The lowest BCUT2D eigenvalue weighted by Gasteiger charge is -2.12. The van der Waals surface area contributed by atoms with Crippen LogP contribution in [0.5, 0.6) is 0 Å². The number of aromatic amines is 1. The van der Waals surface area contributed by atoms with Gasteiger partial charge in [-0.25, -0.2) is 4.98 Å². The van der Waals surface area contributed by atoms with Gasteiger partial charge in [0.25, 0.3) is 0 Å². The Balaban J connectivity index is 2.64. The second-order valence-electron chi connectivity index (χ2n) is 3.33. The average Bonchev–Trinajstić information content (AvgIpc) is 2.28. The van der Waals surface area contributed by atoms with Gasteiger partial charge in [0.15, 0.2) is 4.77 Å². The molecule has 2 rings (SSSR count). The lowest BCUT2D eigenvalue weighted by atomic mass is 10.0. The van der Waals surface area contributed by atoms with Crippen molar-refractivity contribution in [2.45, 2.75) is 6.18 Å². The maximum absolute atomic E-state index is 12.8. The highest BCUT2D eigenvalue weighted by molar-refractivity contribution is 7.71. The van der Waals surface area contributed by atoms with Crippen LogP contribution in [0.15, 0.2) is 36.5 Å². The smallest absolute Gasteiger partial charge is 0.330 e. The highest BCUT2D eigenvalue weighted by Crippen LogP contribution is 2.35. The summed E-state index contributed by atoms with van der Waals surface area (Å²) in [4.78, 5) is 6.37. The van der Waals surface area contributed by atoms with E-state index in [1.165, 1.54) is 24.4 Å². The molecule has 0 saturated carbocycles. The highest BCUT2D eigenvalue weighted by atomic mass is 32.1.